The molecule has 2 aliphatic heterocycles. The minimum atomic E-state index is -0.384. The highest BCUT2D eigenvalue weighted by atomic mass is 16.5. The Balaban J connectivity index is 1.66. The number of ether oxygens (including phenoxy) is 1. The quantitative estimate of drug-likeness (QED) is 0.639. The van der Waals surface area contributed by atoms with E-state index in [-0.39, 0.29) is 22.5 Å². The van der Waals surface area contributed by atoms with Crippen LogP contribution in [0.15, 0.2) is 11.1 Å². The Morgan fingerprint density at radius 2 is 1.96 bits per heavy atom. The van der Waals surface area contributed by atoms with E-state index in [0.717, 1.165) is 48.1 Å². The number of nitrogens with zero attached hydrogens (tertiary/aromatic N) is 1. The lowest BCUT2D eigenvalue weighted by atomic mass is 9.43. The van der Waals surface area contributed by atoms with Gasteiger partial charge in [-0.15, -0.1) is 0 Å². The summed E-state index contributed by atoms with van der Waals surface area (Å²) < 4.78 is 6.94. The molecular formula is C23H32N2O3. The Kier molecular flexibility index (Phi) is 3.55. The minimum absolute atomic E-state index is 0.0732. The normalized spacial score (nSPS) is 40.5. The summed E-state index contributed by atoms with van der Waals surface area (Å²) in [6.45, 7) is 9.59. The van der Waals surface area contributed by atoms with Crippen LogP contribution in [0.2, 0.25) is 0 Å². The van der Waals surface area contributed by atoms with Crippen molar-refractivity contribution in [2.75, 3.05) is 0 Å². The summed E-state index contributed by atoms with van der Waals surface area (Å²) in [5.74, 6) is 2.32. The highest BCUT2D eigenvalue weighted by Crippen LogP contribution is 2.67. The maximum absolute atomic E-state index is 10.8. The number of aliphatic hydroxyl groups excluding tert-OH is 1. The lowest BCUT2D eigenvalue weighted by molar-refractivity contribution is -0.210. The van der Waals surface area contributed by atoms with E-state index in [1.54, 1.807) is 0 Å². The highest BCUT2D eigenvalue weighted by molar-refractivity contribution is 6.04. The van der Waals surface area contributed by atoms with Crippen LogP contribution in [0.25, 0.3) is 0 Å². The molecule has 0 aromatic heterocycles. The van der Waals surface area contributed by atoms with Gasteiger partial charge in [-0.05, 0) is 54.6 Å². The second-order valence-electron chi connectivity index (χ2n) is 10.4. The molecule has 5 rings (SSSR count). The molecule has 152 valence electrons. The first-order valence-electron chi connectivity index (χ1n) is 10.7. The Labute approximate surface area is 167 Å². The first kappa shape index (κ1) is 18.3. The van der Waals surface area contributed by atoms with E-state index in [4.69, 9.17) is 10.5 Å². The number of rotatable bonds is 0. The summed E-state index contributed by atoms with van der Waals surface area (Å²) in [6, 6.07) is 1.82. The molecule has 0 bridgehead atoms. The van der Waals surface area contributed by atoms with Crippen molar-refractivity contribution >= 4 is 5.84 Å². The Hall–Kier alpha value is -1.75. The van der Waals surface area contributed by atoms with Gasteiger partial charge in [0.1, 0.15) is 22.9 Å². The summed E-state index contributed by atoms with van der Waals surface area (Å²) in [7, 11) is 0. The monoisotopic (exact) mass is 384 g/mol. The first-order chi connectivity index (χ1) is 13.1. The third-order valence-electron chi connectivity index (χ3n) is 8.96. The van der Waals surface area contributed by atoms with Crippen molar-refractivity contribution in [2.45, 2.75) is 78.0 Å². The third-order valence-corrected chi connectivity index (χ3v) is 8.96. The van der Waals surface area contributed by atoms with Crippen molar-refractivity contribution in [3.63, 3.8) is 0 Å². The molecular weight excluding hydrogens is 352 g/mol. The summed E-state index contributed by atoms with van der Waals surface area (Å²) in [5, 5.41) is 21.5. The number of benzene rings is 1. The van der Waals surface area contributed by atoms with Crippen LogP contribution in [0.5, 0.6) is 11.5 Å². The zero-order chi connectivity index (χ0) is 20.1. The fraction of sp³-hybridized carbons (Fsp3) is 0.696. The summed E-state index contributed by atoms with van der Waals surface area (Å²) in [6.07, 6.45) is 4.33. The molecule has 0 radical (unpaired) electrons. The van der Waals surface area contributed by atoms with Gasteiger partial charge in [0.2, 0.25) is 0 Å². The molecule has 0 amide bonds. The topological polar surface area (TPSA) is 88.1 Å². The number of hydrogen-bond donors (Lipinski definition) is 3. The molecule has 2 fully saturated rings. The smallest absolute Gasteiger partial charge is 0.138 e. The predicted molar refractivity (Wildman–Crippen MR) is 109 cm³/mol. The number of phenolic OH excluding ortho intramolecular Hbond substituents is 1. The van der Waals surface area contributed by atoms with E-state index in [1.165, 1.54) is 0 Å². The van der Waals surface area contributed by atoms with Crippen LogP contribution >= 0.6 is 0 Å². The average Bonchev–Trinajstić information content (AvgIpc) is 3.20. The minimum Gasteiger partial charge on any atom is -0.508 e. The highest BCUT2D eigenvalue weighted by Gasteiger charge is 2.67. The molecule has 5 atom stereocenters. The first-order valence-corrected chi connectivity index (χ1v) is 10.7. The molecule has 2 aliphatic carbocycles. The second kappa shape index (κ2) is 5.44. The Morgan fingerprint density at radius 3 is 2.71 bits per heavy atom. The van der Waals surface area contributed by atoms with Crippen molar-refractivity contribution < 1.29 is 14.9 Å². The van der Waals surface area contributed by atoms with E-state index in [2.05, 4.69) is 32.7 Å². The zero-order valence-electron chi connectivity index (χ0n) is 17.4. The molecule has 28 heavy (non-hydrogen) atoms. The standard InChI is InChI=1S/C23H32N2O3/c1-12-5-6-16-21(2,3)17(27)7-8-22(16,4)23(12)10-14-15(26)9-13-11-25-20(24)18(13)19(14)28-23/h9,12,16-17,26-27H,5-8,10-11H2,1-4H3,(H2,24,25). The van der Waals surface area contributed by atoms with Crippen molar-refractivity contribution in [1.29, 1.82) is 0 Å². The second-order valence-corrected chi connectivity index (χ2v) is 10.4. The van der Waals surface area contributed by atoms with Crippen molar-refractivity contribution in [3.05, 3.63) is 22.8 Å². The van der Waals surface area contributed by atoms with Gasteiger partial charge in [0, 0.05) is 17.4 Å². The lowest BCUT2D eigenvalue weighted by Gasteiger charge is -2.64. The number of aliphatic imine (C=N–C) groups is 1. The van der Waals surface area contributed by atoms with Crippen LogP contribution < -0.4 is 10.5 Å². The summed E-state index contributed by atoms with van der Waals surface area (Å²) >= 11 is 0. The summed E-state index contributed by atoms with van der Waals surface area (Å²) in [5.41, 5.74) is 8.32. The molecule has 4 N–H and O–H groups in total. The van der Waals surface area contributed by atoms with E-state index in [1.807, 2.05) is 6.07 Å². The van der Waals surface area contributed by atoms with Crippen LogP contribution in [0.3, 0.4) is 0 Å². The van der Waals surface area contributed by atoms with Gasteiger partial charge < -0.3 is 20.7 Å². The summed E-state index contributed by atoms with van der Waals surface area (Å²) in [4.78, 5) is 4.38. The zero-order valence-corrected chi connectivity index (χ0v) is 17.4. The third kappa shape index (κ3) is 1.99. The number of aromatic hydroxyl groups is 1. The molecule has 4 aliphatic rings. The van der Waals surface area contributed by atoms with Crippen molar-refractivity contribution in [1.82, 2.24) is 0 Å². The van der Waals surface area contributed by atoms with E-state index >= 15 is 0 Å². The maximum atomic E-state index is 10.8. The van der Waals surface area contributed by atoms with Crippen LogP contribution in [0.4, 0.5) is 0 Å². The van der Waals surface area contributed by atoms with Crippen molar-refractivity contribution in [2.24, 2.45) is 33.4 Å². The van der Waals surface area contributed by atoms with Gasteiger partial charge in [0.05, 0.1) is 18.2 Å². The molecule has 0 saturated heterocycles. The van der Waals surface area contributed by atoms with Crippen LogP contribution in [-0.2, 0) is 13.0 Å². The van der Waals surface area contributed by atoms with E-state index < -0.39 is 0 Å². The van der Waals surface area contributed by atoms with Crippen molar-refractivity contribution in [3.8, 4) is 11.5 Å². The number of amidine groups is 1. The van der Waals surface area contributed by atoms with Gasteiger partial charge >= 0.3 is 0 Å². The fourth-order valence-electron chi connectivity index (χ4n) is 7.20. The maximum Gasteiger partial charge on any atom is 0.138 e. The molecule has 1 spiro atoms. The number of fused-ring (bicyclic) bond motifs is 5. The molecule has 5 unspecified atom stereocenters. The van der Waals surface area contributed by atoms with Gasteiger partial charge in [-0.1, -0.05) is 27.7 Å². The predicted octanol–water partition coefficient (Wildman–Crippen LogP) is 3.52. The number of aliphatic hydroxyl groups is 1. The largest absolute Gasteiger partial charge is 0.508 e. The SMILES string of the molecule is CC1CCC2C(C)(C)C(O)CCC2(C)C12Cc1c(O)cc3c(c1O2)C(N)=NC3. The van der Waals surface area contributed by atoms with E-state index in [9.17, 15) is 10.2 Å². The Morgan fingerprint density at radius 1 is 1.21 bits per heavy atom. The van der Waals surface area contributed by atoms with Gasteiger partial charge in [-0.3, -0.25) is 4.99 Å². The van der Waals surface area contributed by atoms with Gasteiger partial charge in [-0.25, -0.2) is 0 Å². The number of phenols is 1. The van der Waals surface area contributed by atoms with Crippen LogP contribution in [0.1, 0.15) is 70.1 Å². The van der Waals surface area contributed by atoms with Gasteiger partial charge in [-0.2, -0.15) is 0 Å². The molecule has 1 aromatic rings. The average molecular weight is 385 g/mol. The molecule has 1 aromatic carbocycles. The van der Waals surface area contributed by atoms with Crippen LogP contribution in [-0.4, -0.2) is 27.8 Å². The van der Waals surface area contributed by atoms with Gasteiger partial charge in [0.15, 0.2) is 0 Å². The van der Waals surface area contributed by atoms with E-state index in [0.29, 0.717) is 36.4 Å². The molecule has 2 heterocycles. The Bertz CT molecular complexity index is 892. The molecule has 5 heteroatoms. The van der Waals surface area contributed by atoms with Gasteiger partial charge in [0.25, 0.3) is 0 Å². The molecule has 2 saturated carbocycles. The number of nitrogens with two attached hydrogens (primary N) is 1. The van der Waals surface area contributed by atoms with Crippen LogP contribution in [0, 0.1) is 22.7 Å². The lowest BCUT2D eigenvalue weighted by Crippen LogP contribution is -2.66. The number of hydrogen-bond acceptors (Lipinski definition) is 5. The fourth-order valence-corrected chi connectivity index (χ4v) is 7.20. The molecule has 5 nitrogen and oxygen atoms in total.